The van der Waals surface area contributed by atoms with Crippen LogP contribution in [0.15, 0.2) is 53.3 Å². The Balaban J connectivity index is 1.45. The number of anilines is 1. The van der Waals surface area contributed by atoms with Crippen LogP contribution in [0, 0.1) is 24.2 Å². The lowest BCUT2D eigenvalue weighted by atomic mass is 9.89. The van der Waals surface area contributed by atoms with E-state index in [1.54, 1.807) is 16.7 Å². The van der Waals surface area contributed by atoms with Gasteiger partial charge in [-0.25, -0.2) is 14.2 Å². The van der Waals surface area contributed by atoms with E-state index < -0.39 is 5.82 Å². The van der Waals surface area contributed by atoms with Crippen LogP contribution in [0.1, 0.15) is 50.0 Å². The van der Waals surface area contributed by atoms with Gasteiger partial charge in [0.05, 0.1) is 12.3 Å². The lowest BCUT2D eigenvalue weighted by Crippen LogP contribution is -2.40. The molecule has 6 heteroatoms. The number of nitrogens with zero attached hydrogens (tertiary/aromatic N) is 4. The number of rotatable bonds is 4. The van der Waals surface area contributed by atoms with Crippen LogP contribution in [-0.2, 0) is 0 Å². The second-order valence-electron chi connectivity index (χ2n) is 9.94. The summed E-state index contributed by atoms with van der Waals surface area (Å²) in [7, 11) is 0. The minimum atomic E-state index is -0.602. The van der Waals surface area contributed by atoms with Gasteiger partial charge in [0.2, 0.25) is 5.69 Å². The summed E-state index contributed by atoms with van der Waals surface area (Å²) >= 11 is 0. The third-order valence-electron chi connectivity index (χ3n) is 7.80. The van der Waals surface area contributed by atoms with E-state index in [1.165, 1.54) is 49.8 Å². The molecule has 1 aliphatic heterocycles. The maximum absolute atomic E-state index is 14.6. The largest absolute Gasteiger partial charge is 0.356 e. The standard InChI is InChI=1S/C28H27FN4O/c1-30-25-12-9-21(15-24(25)29)28-31-26(32-14-13-18-3-2-4-22(18)17-32)16-27(34)33(28)23-10-7-20(8-11-23)19-5-6-19/h7-12,15-16,18-19,22H,2-6,13-14,17H2. The molecule has 2 aromatic carbocycles. The lowest BCUT2D eigenvalue weighted by Gasteiger charge is -2.36. The number of halogens is 1. The fraction of sp³-hybridized carbons (Fsp3) is 0.393. The van der Waals surface area contributed by atoms with Crippen LogP contribution >= 0.6 is 0 Å². The maximum Gasteiger partial charge on any atom is 0.260 e. The Labute approximate surface area is 198 Å². The molecule has 2 atom stereocenters. The summed E-state index contributed by atoms with van der Waals surface area (Å²) in [6.45, 7) is 8.97. The van der Waals surface area contributed by atoms with Gasteiger partial charge in [-0.1, -0.05) is 37.1 Å². The van der Waals surface area contributed by atoms with Crippen molar-refractivity contribution < 1.29 is 4.39 Å². The van der Waals surface area contributed by atoms with E-state index in [9.17, 15) is 9.18 Å². The topological polar surface area (TPSA) is 42.5 Å². The molecule has 3 fully saturated rings. The predicted molar refractivity (Wildman–Crippen MR) is 131 cm³/mol. The van der Waals surface area contributed by atoms with Gasteiger partial charge in [0, 0.05) is 24.7 Å². The van der Waals surface area contributed by atoms with Gasteiger partial charge in [-0.2, -0.15) is 0 Å². The van der Waals surface area contributed by atoms with Crippen LogP contribution in [0.3, 0.4) is 0 Å². The molecule has 0 spiro atoms. The highest BCUT2D eigenvalue weighted by molar-refractivity contribution is 5.65. The highest BCUT2D eigenvalue weighted by atomic mass is 19.1. The Morgan fingerprint density at radius 1 is 0.971 bits per heavy atom. The van der Waals surface area contributed by atoms with Crippen LogP contribution in [-0.4, -0.2) is 22.6 Å². The summed E-state index contributed by atoms with van der Waals surface area (Å²) in [5.74, 6) is 2.54. The molecule has 0 amide bonds. The van der Waals surface area contributed by atoms with Crippen molar-refractivity contribution in [2.24, 2.45) is 11.8 Å². The van der Waals surface area contributed by atoms with E-state index in [4.69, 9.17) is 11.6 Å². The molecule has 2 aliphatic carbocycles. The van der Waals surface area contributed by atoms with E-state index in [0.717, 1.165) is 25.4 Å². The van der Waals surface area contributed by atoms with E-state index in [2.05, 4.69) is 21.9 Å². The molecule has 1 aromatic heterocycles. The minimum Gasteiger partial charge on any atom is -0.356 e. The van der Waals surface area contributed by atoms with Crippen LogP contribution in [0.5, 0.6) is 0 Å². The van der Waals surface area contributed by atoms with E-state index in [1.807, 2.05) is 12.1 Å². The molecule has 0 bridgehead atoms. The van der Waals surface area contributed by atoms with Gasteiger partial charge in [-0.15, -0.1) is 0 Å². The van der Waals surface area contributed by atoms with Crippen LogP contribution in [0.4, 0.5) is 15.9 Å². The average molecular weight is 455 g/mol. The van der Waals surface area contributed by atoms with Gasteiger partial charge in [0.25, 0.3) is 5.56 Å². The highest BCUT2D eigenvalue weighted by Crippen LogP contribution is 2.41. The zero-order valence-electron chi connectivity index (χ0n) is 19.1. The van der Waals surface area contributed by atoms with Crippen molar-refractivity contribution in [2.75, 3.05) is 18.0 Å². The van der Waals surface area contributed by atoms with Crippen molar-refractivity contribution >= 4 is 11.5 Å². The summed E-state index contributed by atoms with van der Waals surface area (Å²) < 4.78 is 16.1. The van der Waals surface area contributed by atoms with Gasteiger partial charge >= 0.3 is 0 Å². The molecule has 5 nitrogen and oxygen atoms in total. The number of benzene rings is 2. The molecule has 172 valence electrons. The molecule has 1 saturated heterocycles. The Morgan fingerprint density at radius 2 is 1.76 bits per heavy atom. The average Bonchev–Trinajstić information content (AvgIpc) is 3.60. The van der Waals surface area contributed by atoms with Gasteiger partial charge in [-0.05, 0) is 67.2 Å². The summed E-state index contributed by atoms with van der Waals surface area (Å²) in [5.41, 5.74) is 2.28. The zero-order valence-corrected chi connectivity index (χ0v) is 19.1. The van der Waals surface area contributed by atoms with E-state index in [0.29, 0.717) is 34.7 Å². The number of hydrogen-bond acceptors (Lipinski definition) is 3. The van der Waals surface area contributed by atoms with E-state index >= 15 is 0 Å². The number of hydrogen-bond donors (Lipinski definition) is 0. The third kappa shape index (κ3) is 3.79. The molecule has 3 aromatic rings. The summed E-state index contributed by atoms with van der Waals surface area (Å²) in [6.07, 6.45) is 7.38. The third-order valence-corrected chi connectivity index (χ3v) is 7.80. The van der Waals surface area contributed by atoms with Crippen molar-refractivity contribution in [1.82, 2.24) is 9.55 Å². The summed E-state index contributed by atoms with van der Waals surface area (Å²) in [4.78, 5) is 23.9. The highest BCUT2D eigenvalue weighted by Gasteiger charge is 2.33. The molecule has 2 unspecified atom stereocenters. The van der Waals surface area contributed by atoms with Gasteiger partial charge in [-0.3, -0.25) is 9.36 Å². The first-order valence-corrected chi connectivity index (χ1v) is 12.3. The fourth-order valence-electron chi connectivity index (χ4n) is 5.76. The normalized spacial score (nSPS) is 21.8. The summed E-state index contributed by atoms with van der Waals surface area (Å²) in [6, 6.07) is 14.1. The Morgan fingerprint density at radius 3 is 2.50 bits per heavy atom. The first-order chi connectivity index (χ1) is 16.6. The van der Waals surface area contributed by atoms with Crippen LogP contribution in [0.2, 0.25) is 0 Å². The molecule has 2 saturated carbocycles. The molecule has 6 rings (SSSR count). The molecular weight excluding hydrogens is 427 g/mol. The SMILES string of the molecule is [C-]#[N+]c1ccc(-c2nc(N3CCC4CCCC4C3)cc(=O)n2-c2ccc(C3CC3)cc2)cc1F. The van der Waals surface area contributed by atoms with Gasteiger partial charge in [0.15, 0.2) is 0 Å². The van der Waals surface area contributed by atoms with Crippen molar-refractivity contribution in [3.63, 3.8) is 0 Å². The van der Waals surface area contributed by atoms with Gasteiger partial charge in [0.1, 0.15) is 17.5 Å². The molecule has 2 heterocycles. The molecule has 0 radical (unpaired) electrons. The molecule has 34 heavy (non-hydrogen) atoms. The predicted octanol–water partition coefficient (Wildman–Crippen LogP) is 6.09. The number of aromatic nitrogens is 2. The van der Waals surface area contributed by atoms with Crippen LogP contribution in [0.25, 0.3) is 21.9 Å². The Bertz CT molecular complexity index is 1340. The first kappa shape index (κ1) is 21.1. The zero-order chi connectivity index (χ0) is 23.2. The number of fused-ring (bicyclic) bond motifs is 1. The van der Waals surface area contributed by atoms with Crippen molar-refractivity contribution in [1.29, 1.82) is 0 Å². The smallest absolute Gasteiger partial charge is 0.260 e. The summed E-state index contributed by atoms with van der Waals surface area (Å²) in [5, 5.41) is 0. The number of piperidine rings is 1. The Hall–Kier alpha value is -3.46. The lowest BCUT2D eigenvalue weighted by molar-refractivity contribution is 0.322. The molecule has 3 aliphatic rings. The van der Waals surface area contributed by atoms with Crippen molar-refractivity contribution in [3.8, 4) is 17.1 Å². The van der Waals surface area contributed by atoms with E-state index in [-0.39, 0.29) is 11.2 Å². The fourth-order valence-corrected chi connectivity index (χ4v) is 5.76. The molecular formula is C28H27FN4O. The van der Waals surface area contributed by atoms with Crippen LogP contribution < -0.4 is 10.5 Å². The Kier molecular flexibility index (Phi) is 5.21. The minimum absolute atomic E-state index is 0.0362. The second-order valence-corrected chi connectivity index (χ2v) is 9.94. The maximum atomic E-state index is 14.6. The first-order valence-electron chi connectivity index (χ1n) is 12.3. The second kappa shape index (κ2) is 8.39. The monoisotopic (exact) mass is 454 g/mol. The van der Waals surface area contributed by atoms with Crippen molar-refractivity contribution in [2.45, 2.75) is 44.4 Å². The quantitative estimate of drug-likeness (QED) is 0.448. The molecule has 0 N–H and O–H groups in total. The van der Waals surface area contributed by atoms with Gasteiger partial charge < -0.3 is 4.90 Å². The van der Waals surface area contributed by atoms with Crippen molar-refractivity contribution in [3.05, 3.63) is 81.7 Å².